The molecule has 0 spiro atoms. The van der Waals surface area contributed by atoms with Crippen LogP contribution in [-0.4, -0.2) is 59.0 Å². The van der Waals surface area contributed by atoms with Crippen LogP contribution in [0.4, 0.5) is 38.0 Å². The number of anilines is 5. The van der Waals surface area contributed by atoms with Gasteiger partial charge in [0.05, 0.1) is 42.8 Å². The van der Waals surface area contributed by atoms with Crippen LogP contribution in [0, 0.1) is 18.2 Å². The summed E-state index contributed by atoms with van der Waals surface area (Å²) in [5.74, 6) is 0.929. The van der Waals surface area contributed by atoms with E-state index in [4.69, 9.17) is 22.8 Å². The third-order valence-electron chi connectivity index (χ3n) is 6.06. The highest BCUT2D eigenvalue weighted by molar-refractivity contribution is 6.33. The van der Waals surface area contributed by atoms with Crippen molar-refractivity contribution in [3.8, 4) is 12.3 Å². The van der Waals surface area contributed by atoms with E-state index >= 15 is 0 Å². The molecule has 1 aromatic heterocycles. The first-order valence-corrected chi connectivity index (χ1v) is 13.0. The molecule has 0 unspecified atom stereocenters. The molecule has 2 aromatic carbocycles. The van der Waals surface area contributed by atoms with Gasteiger partial charge in [0.2, 0.25) is 11.9 Å². The zero-order chi connectivity index (χ0) is 29.5. The molecule has 11 nitrogen and oxygen atoms in total. The Morgan fingerprint density at radius 2 is 2.00 bits per heavy atom. The fourth-order valence-corrected chi connectivity index (χ4v) is 4.33. The number of nitrogens with zero attached hydrogens (tertiary/aromatic N) is 4. The second-order valence-electron chi connectivity index (χ2n) is 8.73. The van der Waals surface area contributed by atoms with Crippen LogP contribution in [0.2, 0.25) is 5.02 Å². The lowest BCUT2D eigenvalue weighted by molar-refractivity contribution is -0.119. The van der Waals surface area contributed by atoms with E-state index in [1.54, 1.807) is 30.0 Å². The maximum atomic E-state index is 14.8. The monoisotopic (exact) mass is 579 g/mol. The molecule has 3 N–H and O–H groups in total. The molecule has 4 rings (SSSR count). The quantitative estimate of drug-likeness (QED) is 0.334. The summed E-state index contributed by atoms with van der Waals surface area (Å²) in [5, 5.41) is 8.43. The van der Waals surface area contributed by atoms with Crippen LogP contribution in [0.5, 0.6) is 0 Å². The highest BCUT2D eigenvalue weighted by Crippen LogP contribution is 2.32. The van der Waals surface area contributed by atoms with E-state index in [1.165, 1.54) is 29.3 Å². The maximum Gasteiger partial charge on any atom is 0.410 e. The van der Waals surface area contributed by atoms with Crippen LogP contribution >= 0.6 is 11.6 Å². The van der Waals surface area contributed by atoms with Gasteiger partial charge in [-0.1, -0.05) is 29.7 Å². The first-order chi connectivity index (χ1) is 19.7. The van der Waals surface area contributed by atoms with Crippen molar-refractivity contribution in [2.75, 3.05) is 41.8 Å². The van der Waals surface area contributed by atoms with E-state index in [9.17, 15) is 18.8 Å². The number of amides is 3. The Hall–Kier alpha value is -4.89. The summed E-state index contributed by atoms with van der Waals surface area (Å²) < 4.78 is 19.9. The third kappa shape index (κ3) is 6.64. The van der Waals surface area contributed by atoms with Crippen LogP contribution in [0.1, 0.15) is 29.8 Å². The number of aromatic nitrogens is 2. The van der Waals surface area contributed by atoms with E-state index in [1.807, 2.05) is 6.92 Å². The number of likely N-dealkylation sites (N-methyl/N-ethyl adjacent to an activating group) is 1. The van der Waals surface area contributed by atoms with Gasteiger partial charge < -0.3 is 25.6 Å². The number of carbonyl (C=O) groups is 3. The Bertz CT molecular complexity index is 1530. The van der Waals surface area contributed by atoms with E-state index in [2.05, 4.69) is 31.8 Å². The topological polar surface area (TPSA) is 129 Å². The number of para-hydroxylation sites is 1. The standard InChI is InChI=1S/C28H27ClFN7O4/c1-4-12-31-26(39)19-8-7-9-21(30)24(19)34-25-20(29)14-32-27(35-25)33-18-11-10-17-15-36(28(40)41-6-3)16-23(38)37(5-2)22(17)13-18/h1,7-11,13-14H,5-6,12,15-16H2,2-3H3,(H,31,39)(H2,32,33,34,35). The first-order valence-electron chi connectivity index (χ1n) is 12.7. The highest BCUT2D eigenvalue weighted by Gasteiger charge is 2.29. The largest absolute Gasteiger partial charge is 0.450 e. The van der Waals surface area contributed by atoms with E-state index in [0.717, 1.165) is 5.56 Å². The number of carbonyl (C=O) groups excluding carboxylic acids is 3. The van der Waals surface area contributed by atoms with E-state index in [-0.39, 0.29) is 60.2 Å². The highest BCUT2D eigenvalue weighted by atomic mass is 35.5. The van der Waals surface area contributed by atoms with Gasteiger partial charge in [0.1, 0.15) is 17.4 Å². The lowest BCUT2D eigenvalue weighted by Gasteiger charge is -2.21. The van der Waals surface area contributed by atoms with Gasteiger partial charge in [-0.15, -0.1) is 6.42 Å². The average molecular weight is 580 g/mol. The zero-order valence-corrected chi connectivity index (χ0v) is 23.1. The molecule has 0 fully saturated rings. The molecule has 1 aliphatic rings. The molecular formula is C28H27ClFN7O4. The van der Waals surface area contributed by atoms with Crippen LogP contribution in [0.25, 0.3) is 0 Å². The molecule has 0 atom stereocenters. The Morgan fingerprint density at radius 3 is 2.73 bits per heavy atom. The van der Waals surface area contributed by atoms with Gasteiger partial charge in [-0.05, 0) is 43.7 Å². The summed E-state index contributed by atoms with van der Waals surface area (Å²) >= 11 is 6.29. The van der Waals surface area contributed by atoms with Crippen molar-refractivity contribution in [2.24, 2.45) is 0 Å². The summed E-state index contributed by atoms with van der Waals surface area (Å²) in [4.78, 5) is 49.3. The molecule has 0 saturated carbocycles. The number of halogens is 2. The minimum Gasteiger partial charge on any atom is -0.450 e. The van der Waals surface area contributed by atoms with Crippen molar-refractivity contribution >= 4 is 58.3 Å². The molecule has 41 heavy (non-hydrogen) atoms. The number of nitrogens with one attached hydrogen (secondary N) is 3. The minimum atomic E-state index is -0.700. The van der Waals surface area contributed by atoms with Crippen molar-refractivity contribution in [2.45, 2.75) is 20.4 Å². The fraction of sp³-hybridized carbons (Fsp3) is 0.250. The third-order valence-corrected chi connectivity index (χ3v) is 6.34. The van der Waals surface area contributed by atoms with Gasteiger partial charge >= 0.3 is 6.09 Å². The number of ether oxygens (including phenoxy) is 1. The van der Waals surface area contributed by atoms with Crippen molar-refractivity contribution in [1.29, 1.82) is 0 Å². The predicted molar refractivity (Wildman–Crippen MR) is 153 cm³/mol. The molecule has 3 aromatic rings. The number of hydrogen-bond acceptors (Lipinski definition) is 8. The molecule has 1 aliphatic heterocycles. The summed E-state index contributed by atoms with van der Waals surface area (Å²) in [7, 11) is 0. The Morgan fingerprint density at radius 1 is 1.20 bits per heavy atom. The van der Waals surface area contributed by atoms with E-state index < -0.39 is 17.8 Å². The number of fused-ring (bicyclic) bond motifs is 1. The first kappa shape index (κ1) is 29.1. The Kier molecular flexibility index (Phi) is 9.21. The van der Waals surface area contributed by atoms with Crippen LogP contribution in [0.3, 0.4) is 0 Å². The van der Waals surface area contributed by atoms with Gasteiger partial charge in [0.15, 0.2) is 5.82 Å². The second kappa shape index (κ2) is 13.0. The summed E-state index contributed by atoms with van der Waals surface area (Å²) in [5.41, 5.74) is 1.80. The fourth-order valence-electron chi connectivity index (χ4n) is 4.19. The van der Waals surface area contributed by atoms with Gasteiger partial charge in [-0.2, -0.15) is 4.98 Å². The van der Waals surface area contributed by atoms with Crippen molar-refractivity contribution < 1.29 is 23.5 Å². The normalized spacial score (nSPS) is 12.6. The summed E-state index contributed by atoms with van der Waals surface area (Å²) in [6.45, 7) is 4.18. The van der Waals surface area contributed by atoms with Crippen LogP contribution in [-0.2, 0) is 16.1 Å². The number of benzene rings is 2. The minimum absolute atomic E-state index is 0.0105. The lowest BCUT2D eigenvalue weighted by Crippen LogP contribution is -2.40. The predicted octanol–water partition coefficient (Wildman–Crippen LogP) is 4.44. The number of terminal acetylenes is 1. The van der Waals surface area contributed by atoms with Crippen molar-refractivity contribution in [3.63, 3.8) is 0 Å². The number of hydrogen-bond donors (Lipinski definition) is 3. The molecule has 2 heterocycles. The maximum absolute atomic E-state index is 14.8. The van der Waals surface area contributed by atoms with Gasteiger partial charge in [0, 0.05) is 12.2 Å². The van der Waals surface area contributed by atoms with Crippen LogP contribution in [0.15, 0.2) is 42.6 Å². The molecule has 3 amide bonds. The molecule has 0 saturated heterocycles. The molecule has 212 valence electrons. The van der Waals surface area contributed by atoms with Crippen LogP contribution < -0.4 is 20.9 Å². The van der Waals surface area contributed by atoms with Gasteiger partial charge in [-0.25, -0.2) is 14.2 Å². The average Bonchev–Trinajstić information content (AvgIpc) is 3.09. The Labute approximate surface area is 241 Å². The molecule has 0 bridgehead atoms. The van der Waals surface area contributed by atoms with E-state index in [0.29, 0.717) is 17.9 Å². The summed E-state index contributed by atoms with van der Waals surface area (Å²) in [6, 6.07) is 9.32. The van der Waals surface area contributed by atoms with Gasteiger partial charge in [0.25, 0.3) is 5.91 Å². The van der Waals surface area contributed by atoms with Gasteiger partial charge in [-0.3, -0.25) is 14.5 Å². The zero-order valence-electron chi connectivity index (χ0n) is 22.3. The second-order valence-corrected chi connectivity index (χ2v) is 9.13. The van der Waals surface area contributed by atoms with Crippen molar-refractivity contribution in [3.05, 3.63) is 64.6 Å². The molecular weight excluding hydrogens is 553 g/mol. The Balaban J connectivity index is 1.61. The lowest BCUT2D eigenvalue weighted by atomic mass is 10.1. The smallest absolute Gasteiger partial charge is 0.410 e. The molecule has 0 radical (unpaired) electrons. The molecule has 13 heteroatoms. The van der Waals surface area contributed by atoms with Crippen molar-refractivity contribution in [1.82, 2.24) is 20.2 Å². The summed E-state index contributed by atoms with van der Waals surface area (Å²) in [6.07, 6.45) is 5.97. The SMILES string of the molecule is C#CCNC(=O)c1cccc(F)c1Nc1nc(Nc2ccc3c(c2)N(CC)C(=O)CN(C(=O)OCC)C3)ncc1Cl. The number of rotatable bonds is 8. The molecule has 0 aliphatic carbocycles.